The fraction of sp³-hybridized carbons (Fsp3) is 0.240. The Morgan fingerprint density at radius 3 is 1.96 bits per heavy atom. The number of aromatic nitrogens is 2. The molecule has 7 aromatic rings. The Kier molecular flexibility index (Phi) is 10.3. The summed E-state index contributed by atoms with van der Waals surface area (Å²) in [6, 6.07) is 47.6. The molecule has 2 aromatic heterocycles. The molecule has 1 aliphatic heterocycles. The number of benzene rings is 5. The van der Waals surface area contributed by atoms with Crippen LogP contribution in [0.25, 0.3) is 33.3 Å². The van der Waals surface area contributed by atoms with Crippen molar-refractivity contribution < 1.29 is 25.8 Å². The van der Waals surface area contributed by atoms with Crippen LogP contribution < -0.4 is 14.5 Å². The average Bonchev–Trinajstić information content (AvgIpc) is 3.74. The van der Waals surface area contributed by atoms with Gasteiger partial charge in [-0.3, -0.25) is 0 Å². The summed E-state index contributed by atoms with van der Waals surface area (Å²) in [5.41, 5.74) is 10.0. The summed E-state index contributed by atoms with van der Waals surface area (Å²) in [6.45, 7) is 22.5. The maximum Gasteiger partial charge on any atom is 0.135 e. The van der Waals surface area contributed by atoms with Gasteiger partial charge in [0.05, 0.1) is 0 Å². The number of pyridine rings is 1. The van der Waals surface area contributed by atoms with Crippen molar-refractivity contribution in [2.45, 2.75) is 78.6 Å². The first-order valence-corrected chi connectivity index (χ1v) is 19.1. The smallest absolute Gasteiger partial charge is 0.135 e. The van der Waals surface area contributed by atoms with Gasteiger partial charge in [-0.05, 0) is 80.4 Å². The summed E-state index contributed by atoms with van der Waals surface area (Å²) in [5.74, 6) is 2.08. The number of hydrogen-bond donors (Lipinski definition) is 0. The molecule has 288 valence electrons. The molecular weight excluding hydrogens is 868 g/mol. The van der Waals surface area contributed by atoms with Crippen LogP contribution in [0.3, 0.4) is 0 Å². The molecule has 0 bridgehead atoms. The van der Waals surface area contributed by atoms with Gasteiger partial charge in [-0.1, -0.05) is 122 Å². The number of para-hydroxylation sites is 1. The Balaban J connectivity index is 0.00000480. The SMILES string of the molecule is CC(C)(C)c1cc(N2[CH-]N(c3[c-]c(Oc4[c-]c5c(cc4)c4ccccc4n5-c4cc(C(C)(C)C)ccn4)ccc3)C=C2c2ccccc2)cc(C(C)(C)C)c1.[Pt]. The Morgan fingerprint density at radius 2 is 1.27 bits per heavy atom. The minimum absolute atomic E-state index is 0. The van der Waals surface area contributed by atoms with Crippen molar-refractivity contribution in [2.75, 3.05) is 9.80 Å². The standard InChI is InChI=1S/C50H49N4O.Pt/c1-48(2,3)35-24-25-51-47(29-35)54-44-21-14-13-20-42(44)43-23-22-41(31-45(43)54)55-40-19-15-18-38(30-40)52-32-46(34-16-11-10-12-17-34)53(33-52)39-27-36(49(4,5)6)26-37(28-39)50(7,8)9;/h10-29,32-33H,1-9H3;/q-3;. The predicted molar refractivity (Wildman–Crippen MR) is 229 cm³/mol. The molecule has 56 heavy (non-hydrogen) atoms. The summed E-state index contributed by atoms with van der Waals surface area (Å²) in [4.78, 5) is 9.26. The van der Waals surface area contributed by atoms with E-state index in [1.54, 1.807) is 0 Å². The van der Waals surface area contributed by atoms with Gasteiger partial charge >= 0.3 is 0 Å². The average molecular weight is 917 g/mol. The number of anilines is 2. The third-order valence-corrected chi connectivity index (χ3v) is 10.4. The summed E-state index contributed by atoms with van der Waals surface area (Å²) in [5, 5.41) is 2.24. The van der Waals surface area contributed by atoms with Crippen LogP contribution in [0.4, 0.5) is 11.4 Å². The number of ether oxygens (including phenoxy) is 1. The first kappa shape index (κ1) is 39.1. The van der Waals surface area contributed by atoms with Crippen molar-refractivity contribution in [3.8, 4) is 17.3 Å². The van der Waals surface area contributed by atoms with Crippen molar-refractivity contribution in [3.63, 3.8) is 0 Å². The van der Waals surface area contributed by atoms with Crippen LogP contribution in [0.5, 0.6) is 11.5 Å². The van der Waals surface area contributed by atoms with Crippen molar-refractivity contribution in [2.24, 2.45) is 0 Å². The van der Waals surface area contributed by atoms with Crippen LogP contribution in [-0.4, -0.2) is 9.55 Å². The van der Waals surface area contributed by atoms with E-state index in [0.717, 1.165) is 50.3 Å². The molecule has 3 heterocycles. The number of rotatable bonds is 6. The van der Waals surface area contributed by atoms with Crippen molar-refractivity contribution in [3.05, 3.63) is 169 Å². The monoisotopic (exact) mass is 916 g/mol. The fourth-order valence-corrected chi connectivity index (χ4v) is 7.13. The van der Waals surface area contributed by atoms with E-state index in [2.05, 4.69) is 199 Å². The Hall–Kier alpha value is -5.12. The molecule has 0 spiro atoms. The zero-order chi connectivity index (χ0) is 38.7. The van der Waals surface area contributed by atoms with Gasteiger partial charge in [0, 0.05) is 55.7 Å². The van der Waals surface area contributed by atoms with Gasteiger partial charge < -0.3 is 19.1 Å². The molecule has 8 rings (SSSR count). The second-order valence-corrected chi connectivity index (χ2v) is 17.6. The summed E-state index contributed by atoms with van der Waals surface area (Å²) < 4.78 is 8.75. The Labute approximate surface area is 346 Å². The number of nitrogens with zero attached hydrogens (tertiary/aromatic N) is 4. The van der Waals surface area contributed by atoms with E-state index in [-0.39, 0.29) is 37.3 Å². The normalized spacial score (nSPS) is 13.6. The van der Waals surface area contributed by atoms with Gasteiger partial charge in [0.25, 0.3) is 0 Å². The van der Waals surface area contributed by atoms with Gasteiger partial charge in [-0.2, -0.15) is 12.1 Å². The summed E-state index contributed by atoms with van der Waals surface area (Å²) >= 11 is 0. The molecule has 0 N–H and O–H groups in total. The minimum Gasteiger partial charge on any atom is -0.509 e. The van der Waals surface area contributed by atoms with E-state index in [4.69, 9.17) is 9.72 Å². The molecule has 0 saturated heterocycles. The molecule has 5 aromatic carbocycles. The minimum atomic E-state index is -0.0119. The fourth-order valence-electron chi connectivity index (χ4n) is 7.13. The van der Waals surface area contributed by atoms with E-state index in [9.17, 15) is 0 Å². The Bertz CT molecular complexity index is 2530. The van der Waals surface area contributed by atoms with Gasteiger partial charge in [0.1, 0.15) is 5.82 Å². The topological polar surface area (TPSA) is 33.5 Å². The first-order valence-electron chi connectivity index (χ1n) is 19.1. The van der Waals surface area contributed by atoms with Crippen molar-refractivity contribution in [1.29, 1.82) is 0 Å². The maximum absolute atomic E-state index is 6.56. The van der Waals surface area contributed by atoms with E-state index < -0.39 is 0 Å². The quantitative estimate of drug-likeness (QED) is 0.156. The first-order chi connectivity index (χ1) is 26.1. The molecule has 5 nitrogen and oxygen atoms in total. The largest absolute Gasteiger partial charge is 0.509 e. The third kappa shape index (κ3) is 7.67. The van der Waals surface area contributed by atoms with Crippen LogP contribution in [0.2, 0.25) is 0 Å². The summed E-state index contributed by atoms with van der Waals surface area (Å²) in [6.07, 6.45) is 4.08. The second-order valence-electron chi connectivity index (χ2n) is 17.6. The molecule has 0 amide bonds. The van der Waals surface area contributed by atoms with Crippen molar-refractivity contribution in [1.82, 2.24) is 9.55 Å². The van der Waals surface area contributed by atoms with Gasteiger partial charge in [-0.15, -0.1) is 48.1 Å². The second kappa shape index (κ2) is 14.8. The molecule has 0 saturated carbocycles. The molecule has 0 radical (unpaired) electrons. The zero-order valence-corrected chi connectivity index (χ0v) is 36.0. The van der Waals surface area contributed by atoms with E-state index in [0.29, 0.717) is 11.5 Å². The zero-order valence-electron chi connectivity index (χ0n) is 33.7. The van der Waals surface area contributed by atoms with Crippen LogP contribution in [0.15, 0.2) is 128 Å². The van der Waals surface area contributed by atoms with E-state index in [1.165, 1.54) is 16.7 Å². The number of hydrogen-bond acceptors (Lipinski definition) is 4. The van der Waals surface area contributed by atoms with Gasteiger partial charge in [0.15, 0.2) is 0 Å². The van der Waals surface area contributed by atoms with Crippen molar-refractivity contribution >= 4 is 38.9 Å². The van der Waals surface area contributed by atoms with Crippen LogP contribution in [0, 0.1) is 18.8 Å². The summed E-state index contributed by atoms with van der Waals surface area (Å²) in [7, 11) is 0. The third-order valence-electron chi connectivity index (χ3n) is 10.4. The predicted octanol–water partition coefficient (Wildman–Crippen LogP) is 12.9. The van der Waals surface area contributed by atoms with E-state index in [1.807, 2.05) is 24.4 Å². The van der Waals surface area contributed by atoms with Crippen LogP contribution in [0.1, 0.15) is 84.6 Å². The molecule has 0 aliphatic carbocycles. The Morgan fingerprint density at radius 1 is 0.607 bits per heavy atom. The maximum atomic E-state index is 6.56. The molecule has 0 fully saturated rings. The van der Waals surface area contributed by atoms with Crippen LogP contribution >= 0.6 is 0 Å². The molecule has 1 aliphatic rings. The van der Waals surface area contributed by atoms with Gasteiger partial charge in [0.2, 0.25) is 0 Å². The van der Waals surface area contributed by atoms with E-state index >= 15 is 0 Å². The van der Waals surface area contributed by atoms with Crippen LogP contribution in [-0.2, 0) is 37.3 Å². The number of fused-ring (bicyclic) bond motifs is 3. The van der Waals surface area contributed by atoms with Gasteiger partial charge in [-0.25, -0.2) is 4.98 Å². The molecule has 6 heteroatoms. The molecule has 0 atom stereocenters. The molecule has 0 unspecified atom stereocenters. The molecular formula is C50H49N4OPt-3.